The molecule has 1 aliphatic rings. The smallest absolute Gasteiger partial charge is 0.394 e. The van der Waals surface area contributed by atoms with Crippen molar-refractivity contribution in [1.29, 1.82) is 0 Å². The molecule has 23 heavy (non-hydrogen) atoms. The highest BCUT2D eigenvalue weighted by Gasteiger charge is 2.53. The number of likely N-dealkylation sites (tertiary alicyclic amines) is 1. The van der Waals surface area contributed by atoms with Crippen molar-refractivity contribution < 1.29 is 27.9 Å². The van der Waals surface area contributed by atoms with Crippen LogP contribution in [0.3, 0.4) is 0 Å². The third-order valence-electron chi connectivity index (χ3n) is 3.62. The molecule has 0 aromatic carbocycles. The van der Waals surface area contributed by atoms with Gasteiger partial charge in [0.25, 0.3) is 0 Å². The number of aliphatic carboxylic acids is 1. The lowest BCUT2D eigenvalue weighted by Crippen LogP contribution is -2.40. The van der Waals surface area contributed by atoms with Gasteiger partial charge < -0.3 is 15.3 Å². The minimum atomic E-state index is -4.65. The molecule has 1 aromatic heterocycles. The highest BCUT2D eigenvalue weighted by atomic mass is 35.5. The Morgan fingerprint density at radius 1 is 1.39 bits per heavy atom. The summed E-state index contributed by atoms with van der Waals surface area (Å²) in [6.45, 7) is -0.853. The van der Waals surface area contributed by atoms with E-state index < -0.39 is 43.1 Å². The van der Waals surface area contributed by atoms with Crippen LogP contribution in [0.4, 0.5) is 18.0 Å². The van der Waals surface area contributed by atoms with Crippen LogP contribution in [0, 0.1) is 11.8 Å². The number of amides is 2. The van der Waals surface area contributed by atoms with Crippen LogP contribution in [0.5, 0.6) is 0 Å². The van der Waals surface area contributed by atoms with Crippen LogP contribution in [0.1, 0.15) is 4.88 Å². The van der Waals surface area contributed by atoms with Crippen LogP contribution in [-0.4, -0.2) is 47.8 Å². The molecule has 2 N–H and O–H groups in total. The summed E-state index contributed by atoms with van der Waals surface area (Å²) in [4.78, 5) is 24.7. The molecule has 0 spiro atoms. The molecule has 128 valence electrons. The second-order valence-corrected chi connectivity index (χ2v) is 6.99. The number of alkyl halides is 3. The lowest BCUT2D eigenvalue weighted by atomic mass is 9.96. The van der Waals surface area contributed by atoms with Crippen LogP contribution in [0.25, 0.3) is 0 Å². The molecule has 0 radical (unpaired) electrons. The van der Waals surface area contributed by atoms with Crippen molar-refractivity contribution in [3.63, 3.8) is 0 Å². The third kappa shape index (κ3) is 4.51. The Morgan fingerprint density at radius 2 is 2.09 bits per heavy atom. The number of urea groups is 1. The summed E-state index contributed by atoms with van der Waals surface area (Å²) in [5.74, 6) is -5.21. The first-order valence-electron chi connectivity index (χ1n) is 6.75. The molecule has 0 bridgehead atoms. The largest absolute Gasteiger partial charge is 0.481 e. The second-order valence-electron chi connectivity index (χ2n) is 5.19. The van der Waals surface area contributed by atoms with E-state index in [9.17, 15) is 22.8 Å². The van der Waals surface area contributed by atoms with Crippen molar-refractivity contribution in [2.24, 2.45) is 11.8 Å². The van der Waals surface area contributed by atoms with Gasteiger partial charge >= 0.3 is 18.2 Å². The fraction of sp³-hybridized carbons (Fsp3) is 0.538. The summed E-state index contributed by atoms with van der Waals surface area (Å²) in [6.07, 6.45) is -4.15. The van der Waals surface area contributed by atoms with E-state index in [0.29, 0.717) is 10.8 Å². The summed E-state index contributed by atoms with van der Waals surface area (Å²) in [5, 5.41) is 11.4. The molecule has 0 aliphatic carbocycles. The fourth-order valence-electron chi connectivity index (χ4n) is 2.44. The molecule has 1 fully saturated rings. The van der Waals surface area contributed by atoms with Crippen molar-refractivity contribution in [3.8, 4) is 0 Å². The summed E-state index contributed by atoms with van der Waals surface area (Å²) < 4.78 is 39.2. The quantitative estimate of drug-likeness (QED) is 0.856. The maximum atomic E-state index is 12.9. The van der Waals surface area contributed by atoms with Crippen LogP contribution < -0.4 is 5.32 Å². The van der Waals surface area contributed by atoms with Gasteiger partial charge in [0.2, 0.25) is 0 Å². The highest BCUT2D eigenvalue weighted by molar-refractivity contribution is 7.16. The average Bonchev–Trinajstić information content (AvgIpc) is 3.04. The number of hydrogen-bond acceptors (Lipinski definition) is 3. The van der Waals surface area contributed by atoms with Gasteiger partial charge in [-0.15, -0.1) is 11.3 Å². The minimum Gasteiger partial charge on any atom is -0.481 e. The predicted octanol–water partition coefficient (Wildman–Crippen LogP) is 2.85. The third-order valence-corrected chi connectivity index (χ3v) is 4.91. The lowest BCUT2D eigenvalue weighted by molar-refractivity contribution is -0.187. The van der Waals surface area contributed by atoms with Gasteiger partial charge in [0.05, 0.1) is 16.2 Å². The topological polar surface area (TPSA) is 69.6 Å². The normalized spacial score (nSPS) is 21.5. The Kier molecular flexibility index (Phi) is 5.41. The van der Waals surface area contributed by atoms with Crippen molar-refractivity contribution in [2.75, 3.05) is 19.6 Å². The van der Waals surface area contributed by atoms with Crippen LogP contribution in [0.15, 0.2) is 12.1 Å². The van der Waals surface area contributed by atoms with Gasteiger partial charge in [0.15, 0.2) is 0 Å². The maximum absolute atomic E-state index is 12.9. The van der Waals surface area contributed by atoms with Crippen molar-refractivity contribution >= 4 is 34.9 Å². The van der Waals surface area contributed by atoms with Gasteiger partial charge in [-0.2, -0.15) is 13.2 Å². The molecule has 10 heteroatoms. The molecule has 2 atom stereocenters. The van der Waals surface area contributed by atoms with Crippen molar-refractivity contribution in [3.05, 3.63) is 21.3 Å². The molecule has 2 heterocycles. The fourth-order valence-corrected chi connectivity index (χ4v) is 3.53. The Bertz CT molecular complexity index is 593. The number of thiophene rings is 1. The summed E-state index contributed by atoms with van der Waals surface area (Å²) in [7, 11) is 0. The minimum absolute atomic E-state index is 0.237. The standard InChI is InChI=1S/C13H14ClF3N2O3S/c14-10-2-1-7(23-10)3-4-18-12(22)19-5-8(11(20)21)9(6-19)13(15,16)17/h1-2,8-9H,3-6H2,(H,18,22)(H,20,21)/t8-,9-/m1/s1. The van der Waals surface area contributed by atoms with E-state index in [1.165, 1.54) is 11.3 Å². The monoisotopic (exact) mass is 370 g/mol. The Hall–Kier alpha value is -1.48. The Labute approximate surface area is 139 Å². The SMILES string of the molecule is O=C(O)[C@@H]1CN(C(=O)NCCc2ccc(Cl)s2)C[C@H]1C(F)(F)F. The number of nitrogens with zero attached hydrogens (tertiary/aromatic N) is 1. The first-order chi connectivity index (χ1) is 10.7. The molecule has 2 rings (SSSR count). The van der Waals surface area contributed by atoms with E-state index in [0.717, 1.165) is 9.78 Å². The number of carbonyl (C=O) groups excluding carboxylic acids is 1. The van der Waals surface area contributed by atoms with Gasteiger partial charge in [0, 0.05) is 24.5 Å². The average molecular weight is 371 g/mol. The van der Waals surface area contributed by atoms with E-state index >= 15 is 0 Å². The van der Waals surface area contributed by atoms with Gasteiger partial charge in [0.1, 0.15) is 0 Å². The number of hydrogen-bond donors (Lipinski definition) is 2. The first kappa shape index (κ1) is 17.9. The van der Waals surface area contributed by atoms with Crippen molar-refractivity contribution in [2.45, 2.75) is 12.6 Å². The van der Waals surface area contributed by atoms with E-state index in [4.69, 9.17) is 16.7 Å². The summed E-state index contributed by atoms with van der Waals surface area (Å²) in [5.41, 5.74) is 0. The van der Waals surface area contributed by atoms with E-state index in [2.05, 4.69) is 5.32 Å². The molecule has 5 nitrogen and oxygen atoms in total. The number of nitrogens with one attached hydrogen (secondary N) is 1. The molecule has 0 unspecified atom stereocenters. The van der Waals surface area contributed by atoms with E-state index in [-0.39, 0.29) is 6.54 Å². The van der Waals surface area contributed by atoms with Gasteiger partial charge in [-0.3, -0.25) is 4.79 Å². The number of carbonyl (C=O) groups is 2. The van der Waals surface area contributed by atoms with E-state index in [1.807, 2.05) is 0 Å². The molecular formula is C13H14ClF3N2O3S. The number of halogens is 4. The number of carboxylic acid groups (broad SMARTS) is 1. The molecular weight excluding hydrogens is 357 g/mol. The second kappa shape index (κ2) is 6.96. The number of rotatable bonds is 4. The number of carboxylic acids is 1. The van der Waals surface area contributed by atoms with Crippen LogP contribution >= 0.6 is 22.9 Å². The zero-order valence-corrected chi connectivity index (χ0v) is 13.3. The lowest BCUT2D eigenvalue weighted by Gasteiger charge is -2.18. The highest BCUT2D eigenvalue weighted by Crippen LogP contribution is 2.37. The Balaban J connectivity index is 1.88. The summed E-state index contributed by atoms with van der Waals surface area (Å²) >= 11 is 7.12. The molecule has 2 amide bonds. The van der Waals surface area contributed by atoms with Gasteiger partial charge in [-0.25, -0.2) is 4.79 Å². The molecule has 1 aromatic rings. The molecule has 1 aliphatic heterocycles. The first-order valence-corrected chi connectivity index (χ1v) is 7.94. The zero-order valence-electron chi connectivity index (χ0n) is 11.8. The van der Waals surface area contributed by atoms with Crippen molar-refractivity contribution in [1.82, 2.24) is 10.2 Å². The maximum Gasteiger partial charge on any atom is 0.394 e. The summed E-state index contributed by atoms with van der Waals surface area (Å²) in [6, 6.07) is 2.83. The Morgan fingerprint density at radius 3 is 2.57 bits per heavy atom. The zero-order chi connectivity index (χ0) is 17.2. The van der Waals surface area contributed by atoms with Crippen LogP contribution in [0.2, 0.25) is 4.34 Å². The predicted molar refractivity (Wildman–Crippen MR) is 78.7 cm³/mol. The van der Waals surface area contributed by atoms with E-state index in [1.54, 1.807) is 12.1 Å². The molecule has 0 saturated carbocycles. The molecule has 1 saturated heterocycles. The van der Waals surface area contributed by atoms with Crippen LogP contribution in [-0.2, 0) is 11.2 Å². The van der Waals surface area contributed by atoms with Gasteiger partial charge in [-0.1, -0.05) is 11.6 Å². The van der Waals surface area contributed by atoms with Gasteiger partial charge in [-0.05, 0) is 18.6 Å².